The van der Waals surface area contributed by atoms with Crippen molar-refractivity contribution in [3.8, 4) is 0 Å². The number of ether oxygens (including phenoxy) is 2. The molecule has 2 fully saturated rings. The van der Waals surface area contributed by atoms with E-state index in [4.69, 9.17) is 9.47 Å². The molecule has 0 spiro atoms. The smallest absolute Gasteiger partial charge is 0.410 e. The second kappa shape index (κ2) is 7.26. The summed E-state index contributed by atoms with van der Waals surface area (Å²) in [7, 11) is -2.49. The van der Waals surface area contributed by atoms with E-state index in [1.165, 1.54) is 22.4 Å². The fourth-order valence-electron chi connectivity index (χ4n) is 3.64. The lowest BCUT2D eigenvalue weighted by molar-refractivity contribution is -0.145. The van der Waals surface area contributed by atoms with Gasteiger partial charge in [-0.25, -0.2) is 18.0 Å². The van der Waals surface area contributed by atoms with Gasteiger partial charge in [0.15, 0.2) is 6.04 Å². The van der Waals surface area contributed by atoms with Crippen LogP contribution in [0.2, 0.25) is 0 Å². The summed E-state index contributed by atoms with van der Waals surface area (Å²) >= 11 is 0.967. The summed E-state index contributed by atoms with van der Waals surface area (Å²) in [5.74, 6) is -0.538. The third kappa shape index (κ3) is 3.10. The largest absolute Gasteiger partial charge is 0.467 e. The Labute approximate surface area is 165 Å². The molecule has 0 bridgehead atoms. The highest BCUT2D eigenvalue weighted by Gasteiger charge is 2.44. The van der Waals surface area contributed by atoms with E-state index in [9.17, 15) is 18.0 Å². The minimum Gasteiger partial charge on any atom is -0.467 e. The molecule has 4 rings (SSSR count). The number of cyclic esters (lactones) is 1. The quantitative estimate of drug-likeness (QED) is 0.660. The molecule has 1 atom stereocenters. The Bertz CT molecular complexity index is 1020. The molecule has 2 aromatic rings. The van der Waals surface area contributed by atoms with Crippen molar-refractivity contribution in [3.05, 3.63) is 18.2 Å². The highest BCUT2D eigenvalue weighted by molar-refractivity contribution is 7.89. The number of piperidine rings is 1. The topological polar surface area (TPSA) is 119 Å². The van der Waals surface area contributed by atoms with Crippen LogP contribution in [0, 0.1) is 0 Å². The van der Waals surface area contributed by atoms with Gasteiger partial charge in [0.2, 0.25) is 10.0 Å². The molecular formula is C16H18N4O6S2. The van der Waals surface area contributed by atoms with E-state index in [0.29, 0.717) is 23.9 Å². The number of fused-ring (bicyclic) bond motifs is 1. The second-order valence-electron chi connectivity index (χ2n) is 6.55. The minimum absolute atomic E-state index is 0.0527. The van der Waals surface area contributed by atoms with Crippen molar-refractivity contribution in [1.29, 1.82) is 0 Å². The summed E-state index contributed by atoms with van der Waals surface area (Å²) in [5, 5.41) is 0. The van der Waals surface area contributed by atoms with E-state index in [1.807, 2.05) is 0 Å². The maximum Gasteiger partial charge on any atom is 0.410 e. The zero-order valence-corrected chi connectivity index (χ0v) is 16.6. The SMILES string of the molecule is COC(=O)[C@@H]1COC(=O)N1C1CCN(S(=O)(=O)c2cccc3nsnc23)CC1. The monoisotopic (exact) mass is 426 g/mol. The van der Waals surface area contributed by atoms with E-state index in [-0.39, 0.29) is 30.6 Å². The molecule has 10 nitrogen and oxygen atoms in total. The summed E-state index contributed by atoms with van der Waals surface area (Å²) in [6, 6.07) is 3.81. The number of hydrogen-bond donors (Lipinski definition) is 0. The standard InChI is InChI=1S/C16H18N4O6S2/c1-25-15(21)12-9-26-16(22)20(12)10-5-7-19(8-6-10)28(23,24)13-4-2-3-11-14(13)18-27-17-11/h2-4,10,12H,5-9H2,1H3/t12-/m0/s1. The molecule has 0 aliphatic carbocycles. The number of methoxy groups -OCH3 is 1. The van der Waals surface area contributed by atoms with Crippen molar-refractivity contribution < 1.29 is 27.5 Å². The normalized spacial score (nSPS) is 21.8. The first-order valence-electron chi connectivity index (χ1n) is 8.68. The number of nitrogens with zero attached hydrogens (tertiary/aromatic N) is 4. The third-order valence-electron chi connectivity index (χ3n) is 5.07. The Kier molecular flexibility index (Phi) is 4.93. The van der Waals surface area contributed by atoms with Gasteiger partial charge in [0.05, 0.1) is 18.8 Å². The predicted octanol–water partition coefficient (Wildman–Crippen LogP) is 0.838. The van der Waals surface area contributed by atoms with E-state index in [1.54, 1.807) is 12.1 Å². The molecule has 1 aromatic carbocycles. The van der Waals surface area contributed by atoms with Crippen LogP contribution < -0.4 is 0 Å². The zero-order valence-electron chi connectivity index (χ0n) is 15.0. The van der Waals surface area contributed by atoms with Gasteiger partial charge in [-0.2, -0.15) is 13.1 Å². The van der Waals surface area contributed by atoms with E-state index >= 15 is 0 Å². The number of carbonyl (C=O) groups excluding carboxylic acids is 2. The van der Waals surface area contributed by atoms with Crippen LogP contribution in [0.4, 0.5) is 4.79 Å². The van der Waals surface area contributed by atoms with Crippen molar-refractivity contribution in [3.63, 3.8) is 0 Å². The highest BCUT2D eigenvalue weighted by Crippen LogP contribution is 2.29. The molecule has 2 aliphatic rings. The fourth-order valence-corrected chi connectivity index (χ4v) is 5.87. The maximum atomic E-state index is 13.1. The molecule has 2 saturated heterocycles. The van der Waals surface area contributed by atoms with Crippen molar-refractivity contribution in [1.82, 2.24) is 18.0 Å². The Morgan fingerprint density at radius 1 is 1.29 bits per heavy atom. The lowest BCUT2D eigenvalue weighted by atomic mass is 10.0. The lowest BCUT2D eigenvalue weighted by Crippen LogP contribution is -2.51. The number of carbonyl (C=O) groups is 2. The van der Waals surface area contributed by atoms with Gasteiger partial charge in [-0.05, 0) is 25.0 Å². The molecule has 3 heterocycles. The van der Waals surface area contributed by atoms with Gasteiger partial charge in [-0.15, -0.1) is 0 Å². The third-order valence-corrected chi connectivity index (χ3v) is 7.54. The number of benzene rings is 1. The molecule has 2 aliphatic heterocycles. The van der Waals surface area contributed by atoms with E-state index < -0.39 is 28.1 Å². The maximum absolute atomic E-state index is 13.1. The van der Waals surface area contributed by atoms with E-state index in [2.05, 4.69) is 8.75 Å². The van der Waals surface area contributed by atoms with Crippen LogP contribution in [-0.4, -0.2) is 77.3 Å². The summed E-state index contributed by atoms with van der Waals surface area (Å²) in [6.45, 7) is 0.389. The Morgan fingerprint density at radius 3 is 2.75 bits per heavy atom. The molecule has 12 heteroatoms. The van der Waals surface area contributed by atoms with Crippen LogP contribution in [0.3, 0.4) is 0 Å². The van der Waals surface area contributed by atoms with Crippen LogP contribution in [0.15, 0.2) is 23.1 Å². The van der Waals surface area contributed by atoms with Crippen LogP contribution in [0.1, 0.15) is 12.8 Å². The lowest BCUT2D eigenvalue weighted by Gasteiger charge is -2.36. The molecular weight excluding hydrogens is 408 g/mol. The van der Waals surface area contributed by atoms with Gasteiger partial charge in [-0.3, -0.25) is 4.90 Å². The summed E-state index contributed by atoms with van der Waals surface area (Å²) in [5.41, 5.74) is 0.908. The van der Waals surface area contributed by atoms with Gasteiger partial charge < -0.3 is 9.47 Å². The Morgan fingerprint density at radius 2 is 2.04 bits per heavy atom. The zero-order chi connectivity index (χ0) is 19.9. The minimum atomic E-state index is -3.74. The Balaban J connectivity index is 1.52. The van der Waals surface area contributed by atoms with Crippen molar-refractivity contribution >= 4 is 44.8 Å². The summed E-state index contributed by atoms with van der Waals surface area (Å²) in [6.07, 6.45) is 0.218. The number of aromatic nitrogens is 2. The van der Waals surface area contributed by atoms with Gasteiger partial charge in [0.1, 0.15) is 22.5 Å². The average Bonchev–Trinajstić information content (AvgIpc) is 3.33. The second-order valence-corrected chi connectivity index (χ2v) is 8.98. The van der Waals surface area contributed by atoms with Crippen LogP contribution in [0.5, 0.6) is 0 Å². The van der Waals surface area contributed by atoms with Gasteiger partial charge in [0, 0.05) is 19.1 Å². The summed E-state index contributed by atoms with van der Waals surface area (Å²) in [4.78, 5) is 25.5. The van der Waals surface area contributed by atoms with Crippen LogP contribution in [0.25, 0.3) is 11.0 Å². The number of hydrogen-bond acceptors (Lipinski definition) is 9. The summed E-state index contributed by atoms with van der Waals surface area (Å²) < 4.78 is 45.5. The first kappa shape index (κ1) is 19.0. The van der Waals surface area contributed by atoms with Crippen LogP contribution >= 0.6 is 11.7 Å². The average molecular weight is 426 g/mol. The van der Waals surface area contributed by atoms with Crippen molar-refractivity contribution in [2.24, 2.45) is 0 Å². The Hall–Kier alpha value is -2.31. The first-order valence-corrected chi connectivity index (χ1v) is 10.8. The van der Waals surface area contributed by atoms with Gasteiger partial charge in [-0.1, -0.05) is 6.07 Å². The molecule has 0 unspecified atom stereocenters. The van der Waals surface area contributed by atoms with Crippen molar-refractivity contribution in [2.45, 2.75) is 29.8 Å². The predicted molar refractivity (Wildman–Crippen MR) is 98.2 cm³/mol. The van der Waals surface area contributed by atoms with Gasteiger partial charge >= 0.3 is 12.1 Å². The number of rotatable bonds is 4. The van der Waals surface area contributed by atoms with Gasteiger partial charge in [0.25, 0.3) is 0 Å². The molecule has 0 radical (unpaired) electrons. The molecule has 0 saturated carbocycles. The van der Waals surface area contributed by atoms with E-state index in [0.717, 1.165) is 11.7 Å². The highest BCUT2D eigenvalue weighted by atomic mass is 32.2. The molecule has 150 valence electrons. The first-order chi connectivity index (χ1) is 13.4. The molecule has 1 amide bonds. The number of esters is 1. The number of sulfonamides is 1. The fraction of sp³-hybridized carbons (Fsp3) is 0.500. The molecule has 28 heavy (non-hydrogen) atoms. The molecule has 0 N–H and O–H groups in total. The molecule has 1 aromatic heterocycles. The van der Waals surface area contributed by atoms with Crippen LogP contribution in [-0.2, 0) is 24.3 Å². The number of amides is 1. The van der Waals surface area contributed by atoms with Crippen molar-refractivity contribution in [2.75, 3.05) is 26.8 Å².